The van der Waals surface area contributed by atoms with E-state index >= 15 is 0 Å². The molecule has 0 N–H and O–H groups in total. The second kappa shape index (κ2) is 5.56. The first kappa shape index (κ1) is 14.0. The summed E-state index contributed by atoms with van der Waals surface area (Å²) >= 11 is 1.65. The molecule has 0 radical (unpaired) electrons. The van der Waals surface area contributed by atoms with Crippen LogP contribution < -0.4 is 4.90 Å². The van der Waals surface area contributed by atoms with Crippen LogP contribution in [0.1, 0.15) is 25.0 Å². The van der Waals surface area contributed by atoms with Crippen LogP contribution in [-0.4, -0.2) is 30.4 Å². The Morgan fingerprint density at radius 3 is 3.00 bits per heavy atom. The molecule has 1 atom stereocenters. The lowest BCUT2D eigenvalue weighted by atomic mass is 9.78. The highest BCUT2D eigenvalue weighted by molar-refractivity contribution is 7.08. The lowest BCUT2D eigenvalue weighted by Crippen LogP contribution is -2.47. The van der Waals surface area contributed by atoms with Gasteiger partial charge in [0.1, 0.15) is 5.76 Å². The Hall–Kier alpha value is -1.59. The number of rotatable bonds is 3. The van der Waals surface area contributed by atoms with Gasteiger partial charge in [-0.3, -0.25) is 9.69 Å². The maximum Gasteiger partial charge on any atom is 0.234 e. The molecule has 4 rings (SSSR count). The zero-order valence-corrected chi connectivity index (χ0v) is 13.3. The Morgan fingerprint density at radius 2 is 2.23 bits per heavy atom. The molecule has 0 saturated carbocycles. The molecule has 1 spiro atoms. The van der Waals surface area contributed by atoms with E-state index in [1.807, 2.05) is 28.5 Å². The summed E-state index contributed by atoms with van der Waals surface area (Å²) in [6, 6.07) is 5.98. The number of furan rings is 1. The molecular formula is C17H20N2O2S. The van der Waals surface area contributed by atoms with E-state index in [0.29, 0.717) is 5.91 Å². The molecule has 5 heteroatoms. The number of hydrogen-bond acceptors (Lipinski definition) is 4. The van der Waals surface area contributed by atoms with Crippen molar-refractivity contribution in [2.24, 2.45) is 5.41 Å². The van der Waals surface area contributed by atoms with Gasteiger partial charge >= 0.3 is 0 Å². The van der Waals surface area contributed by atoms with Crippen LogP contribution in [0.3, 0.4) is 0 Å². The summed E-state index contributed by atoms with van der Waals surface area (Å²) in [7, 11) is 0. The fourth-order valence-corrected chi connectivity index (χ4v) is 4.48. The third-order valence-electron chi connectivity index (χ3n) is 4.95. The van der Waals surface area contributed by atoms with Gasteiger partial charge in [-0.05, 0) is 49.4 Å². The van der Waals surface area contributed by atoms with E-state index in [-0.39, 0.29) is 5.41 Å². The minimum atomic E-state index is -0.188. The summed E-state index contributed by atoms with van der Waals surface area (Å²) in [6.45, 7) is 3.56. The highest BCUT2D eigenvalue weighted by Gasteiger charge is 2.49. The first-order valence-electron chi connectivity index (χ1n) is 7.86. The molecule has 116 valence electrons. The van der Waals surface area contributed by atoms with Crippen molar-refractivity contribution in [3.8, 4) is 0 Å². The van der Waals surface area contributed by atoms with Crippen LogP contribution >= 0.6 is 11.3 Å². The predicted octanol–water partition coefficient (Wildman–Crippen LogP) is 3.36. The summed E-state index contributed by atoms with van der Waals surface area (Å²) in [6.07, 6.45) is 4.79. The van der Waals surface area contributed by atoms with Gasteiger partial charge in [0.15, 0.2) is 0 Å². The van der Waals surface area contributed by atoms with E-state index in [9.17, 15) is 4.79 Å². The summed E-state index contributed by atoms with van der Waals surface area (Å²) < 4.78 is 5.46. The van der Waals surface area contributed by atoms with Gasteiger partial charge in [-0.1, -0.05) is 0 Å². The SMILES string of the molecule is O=C1N(c2ccsc2)CC[C@@]12CCCN(Cc1ccco1)C2. The molecule has 2 aliphatic rings. The Labute approximate surface area is 134 Å². The van der Waals surface area contributed by atoms with E-state index in [2.05, 4.69) is 10.3 Å². The number of amides is 1. The molecule has 4 heterocycles. The number of hydrogen-bond donors (Lipinski definition) is 0. The topological polar surface area (TPSA) is 36.7 Å². The van der Waals surface area contributed by atoms with Gasteiger partial charge in [-0.2, -0.15) is 11.3 Å². The maximum atomic E-state index is 13.0. The second-order valence-electron chi connectivity index (χ2n) is 6.36. The standard InChI is InChI=1S/C17H20N2O2S/c20-16-17(6-8-19(16)14-4-10-22-12-14)5-2-7-18(13-17)11-15-3-1-9-21-15/h1,3-4,9-10,12H,2,5-8,11,13H2/t17-/m1/s1. The molecule has 4 nitrogen and oxygen atoms in total. The van der Waals surface area contributed by atoms with Gasteiger partial charge in [0, 0.05) is 18.5 Å². The molecule has 0 aliphatic carbocycles. The Morgan fingerprint density at radius 1 is 1.27 bits per heavy atom. The molecule has 1 amide bonds. The van der Waals surface area contributed by atoms with Crippen LogP contribution in [0.2, 0.25) is 0 Å². The second-order valence-corrected chi connectivity index (χ2v) is 7.14. The molecule has 0 bridgehead atoms. The average Bonchev–Trinajstić information content (AvgIpc) is 3.24. The van der Waals surface area contributed by atoms with E-state index in [1.165, 1.54) is 0 Å². The van der Waals surface area contributed by atoms with Crippen molar-refractivity contribution in [2.45, 2.75) is 25.8 Å². The van der Waals surface area contributed by atoms with Crippen molar-refractivity contribution in [2.75, 3.05) is 24.5 Å². The fraction of sp³-hybridized carbons (Fsp3) is 0.471. The largest absolute Gasteiger partial charge is 0.468 e. The van der Waals surface area contributed by atoms with Crippen LogP contribution in [0, 0.1) is 5.41 Å². The van der Waals surface area contributed by atoms with Crippen LogP contribution in [0.4, 0.5) is 5.69 Å². The summed E-state index contributed by atoms with van der Waals surface area (Å²) in [5, 5.41) is 4.11. The third kappa shape index (κ3) is 2.38. The number of thiophene rings is 1. The molecule has 2 aromatic heterocycles. The van der Waals surface area contributed by atoms with Gasteiger partial charge in [-0.15, -0.1) is 0 Å². The molecular weight excluding hydrogens is 296 g/mol. The monoisotopic (exact) mass is 316 g/mol. The van der Waals surface area contributed by atoms with Crippen LogP contribution in [0.25, 0.3) is 0 Å². The number of nitrogens with zero attached hydrogens (tertiary/aromatic N) is 2. The Balaban J connectivity index is 1.50. The predicted molar refractivity (Wildman–Crippen MR) is 86.9 cm³/mol. The van der Waals surface area contributed by atoms with Gasteiger partial charge in [0.2, 0.25) is 5.91 Å². The van der Waals surface area contributed by atoms with Crippen molar-refractivity contribution >= 4 is 22.9 Å². The minimum absolute atomic E-state index is 0.188. The summed E-state index contributed by atoms with van der Waals surface area (Å²) in [5.74, 6) is 1.30. The van der Waals surface area contributed by atoms with Crippen molar-refractivity contribution in [3.05, 3.63) is 41.0 Å². The molecule has 0 unspecified atom stereocenters. The van der Waals surface area contributed by atoms with E-state index in [0.717, 1.165) is 56.9 Å². The molecule has 2 aliphatic heterocycles. The number of anilines is 1. The molecule has 2 saturated heterocycles. The maximum absolute atomic E-state index is 13.0. The number of carbonyl (C=O) groups excluding carboxylic acids is 1. The van der Waals surface area contributed by atoms with Gasteiger partial charge in [0.05, 0.1) is 23.9 Å². The average molecular weight is 316 g/mol. The van der Waals surface area contributed by atoms with E-state index < -0.39 is 0 Å². The normalized spacial score (nSPS) is 26.2. The van der Waals surface area contributed by atoms with E-state index in [1.54, 1.807) is 17.6 Å². The van der Waals surface area contributed by atoms with Crippen LogP contribution in [-0.2, 0) is 11.3 Å². The zero-order valence-electron chi connectivity index (χ0n) is 12.5. The highest BCUT2D eigenvalue weighted by Crippen LogP contribution is 2.42. The lowest BCUT2D eigenvalue weighted by Gasteiger charge is -2.38. The quantitative estimate of drug-likeness (QED) is 0.871. The zero-order chi connectivity index (χ0) is 15.0. The first-order valence-corrected chi connectivity index (χ1v) is 8.80. The number of carbonyl (C=O) groups is 1. The van der Waals surface area contributed by atoms with Crippen LogP contribution in [0.15, 0.2) is 39.6 Å². The molecule has 2 aromatic rings. The van der Waals surface area contributed by atoms with Crippen molar-refractivity contribution in [1.29, 1.82) is 0 Å². The first-order chi connectivity index (χ1) is 10.8. The van der Waals surface area contributed by atoms with Crippen molar-refractivity contribution < 1.29 is 9.21 Å². The third-order valence-corrected chi connectivity index (χ3v) is 5.62. The smallest absolute Gasteiger partial charge is 0.234 e. The van der Waals surface area contributed by atoms with Crippen LogP contribution in [0.5, 0.6) is 0 Å². The Kier molecular flexibility index (Phi) is 3.54. The molecule has 22 heavy (non-hydrogen) atoms. The van der Waals surface area contributed by atoms with Gasteiger partial charge in [-0.25, -0.2) is 0 Å². The fourth-order valence-electron chi connectivity index (χ4n) is 3.84. The summed E-state index contributed by atoms with van der Waals surface area (Å²) in [4.78, 5) is 17.4. The number of likely N-dealkylation sites (tertiary alicyclic amines) is 1. The summed E-state index contributed by atoms with van der Waals surface area (Å²) in [5.41, 5.74) is 0.877. The van der Waals surface area contributed by atoms with Gasteiger partial charge < -0.3 is 9.32 Å². The Bertz CT molecular complexity index is 638. The highest BCUT2D eigenvalue weighted by atomic mass is 32.1. The minimum Gasteiger partial charge on any atom is -0.468 e. The van der Waals surface area contributed by atoms with Crippen molar-refractivity contribution in [1.82, 2.24) is 4.90 Å². The molecule has 2 fully saturated rings. The van der Waals surface area contributed by atoms with Gasteiger partial charge in [0.25, 0.3) is 0 Å². The lowest BCUT2D eigenvalue weighted by molar-refractivity contribution is -0.128. The van der Waals surface area contributed by atoms with E-state index in [4.69, 9.17) is 4.42 Å². The molecule has 0 aromatic carbocycles. The number of piperidine rings is 1. The van der Waals surface area contributed by atoms with Crippen molar-refractivity contribution in [3.63, 3.8) is 0 Å².